The predicted octanol–water partition coefficient (Wildman–Crippen LogP) is 5.20. The van der Waals surface area contributed by atoms with Crippen molar-refractivity contribution in [1.29, 1.82) is 0 Å². The van der Waals surface area contributed by atoms with E-state index >= 15 is 0 Å². The number of aliphatic hydroxyl groups is 1. The fraction of sp³-hybridized carbons (Fsp3) is 0.955. The minimum absolute atomic E-state index is 0.190. The van der Waals surface area contributed by atoms with E-state index < -0.39 is 5.60 Å². The standard InChI is InChI=1S/C22H35ClO2/c1-20(25)10-11-21(2)14(12-20)4-5-15-16-6-7-18(19(24)13-23)22(16,3)9-8-17(15)21/h14-18,25H,4-13H2,1-3H3/t14?,15-,16-,17-,18+,20?,21-,22-/m0/s1. The van der Waals surface area contributed by atoms with Crippen molar-refractivity contribution in [2.45, 2.75) is 84.2 Å². The van der Waals surface area contributed by atoms with E-state index in [-0.39, 0.29) is 17.2 Å². The Bertz CT molecular complexity index is 558. The highest BCUT2D eigenvalue weighted by molar-refractivity contribution is 6.28. The summed E-state index contributed by atoms with van der Waals surface area (Å²) in [5.74, 6) is 3.66. The lowest BCUT2D eigenvalue weighted by atomic mass is 9.44. The van der Waals surface area contributed by atoms with Crippen LogP contribution in [0.25, 0.3) is 0 Å². The van der Waals surface area contributed by atoms with Crippen molar-refractivity contribution < 1.29 is 9.90 Å². The molecule has 0 bridgehead atoms. The van der Waals surface area contributed by atoms with Gasteiger partial charge in [0, 0.05) is 5.92 Å². The smallest absolute Gasteiger partial charge is 0.151 e. The summed E-state index contributed by atoms with van der Waals surface area (Å²) in [7, 11) is 0. The van der Waals surface area contributed by atoms with Crippen molar-refractivity contribution in [3.63, 3.8) is 0 Å². The summed E-state index contributed by atoms with van der Waals surface area (Å²) in [6.45, 7) is 6.97. The third-order valence-electron chi connectivity index (χ3n) is 9.47. The number of carbonyl (C=O) groups excluding carboxylic acids is 1. The van der Waals surface area contributed by atoms with E-state index in [2.05, 4.69) is 13.8 Å². The molecule has 0 amide bonds. The van der Waals surface area contributed by atoms with E-state index in [0.717, 1.165) is 31.1 Å². The quantitative estimate of drug-likeness (QED) is 0.681. The van der Waals surface area contributed by atoms with E-state index in [1.165, 1.54) is 38.5 Å². The van der Waals surface area contributed by atoms with Crippen molar-refractivity contribution in [1.82, 2.24) is 0 Å². The van der Waals surface area contributed by atoms with Crippen molar-refractivity contribution >= 4 is 17.4 Å². The van der Waals surface area contributed by atoms with Crippen LogP contribution in [0, 0.1) is 40.4 Å². The van der Waals surface area contributed by atoms with Gasteiger partial charge in [-0.2, -0.15) is 0 Å². The number of hydrogen-bond donors (Lipinski definition) is 1. The lowest BCUT2D eigenvalue weighted by Gasteiger charge is -2.61. The van der Waals surface area contributed by atoms with Crippen LogP contribution in [-0.4, -0.2) is 22.4 Å². The highest BCUT2D eigenvalue weighted by Crippen LogP contribution is 2.68. The molecule has 2 nitrogen and oxygen atoms in total. The van der Waals surface area contributed by atoms with Crippen molar-refractivity contribution in [3.05, 3.63) is 0 Å². The fourth-order valence-electron chi connectivity index (χ4n) is 8.05. The molecule has 2 unspecified atom stereocenters. The highest BCUT2D eigenvalue weighted by atomic mass is 35.5. The van der Waals surface area contributed by atoms with Crippen LogP contribution < -0.4 is 0 Å². The fourth-order valence-corrected chi connectivity index (χ4v) is 8.24. The molecule has 25 heavy (non-hydrogen) atoms. The van der Waals surface area contributed by atoms with E-state index in [0.29, 0.717) is 23.0 Å². The molecule has 3 heteroatoms. The van der Waals surface area contributed by atoms with Crippen LogP contribution >= 0.6 is 11.6 Å². The molecule has 0 spiro atoms. The minimum atomic E-state index is -0.453. The molecule has 1 N–H and O–H groups in total. The number of fused-ring (bicyclic) bond motifs is 5. The molecule has 0 aromatic rings. The molecule has 0 radical (unpaired) electrons. The molecule has 4 aliphatic rings. The van der Waals surface area contributed by atoms with Crippen LogP contribution in [0.15, 0.2) is 0 Å². The Balaban J connectivity index is 1.59. The summed E-state index contributed by atoms with van der Waals surface area (Å²) in [5.41, 5.74) is 0.142. The highest BCUT2D eigenvalue weighted by Gasteiger charge is 2.61. The molecule has 0 heterocycles. The van der Waals surface area contributed by atoms with Crippen molar-refractivity contribution in [3.8, 4) is 0 Å². The maximum atomic E-state index is 12.4. The van der Waals surface area contributed by atoms with Crippen LogP contribution in [0.2, 0.25) is 0 Å². The van der Waals surface area contributed by atoms with Gasteiger partial charge >= 0.3 is 0 Å². The van der Waals surface area contributed by atoms with Gasteiger partial charge in [0.25, 0.3) is 0 Å². The maximum Gasteiger partial charge on any atom is 0.151 e. The SMILES string of the molecule is CC1(O)CC[C@@]2(C)C(CC[C@H]3[C@@H]4CC[C@H](C(=O)CCl)[C@@]4(C)CC[C@@H]32)C1. The lowest BCUT2D eigenvalue weighted by Crippen LogP contribution is -2.55. The monoisotopic (exact) mass is 366 g/mol. The molecule has 0 aromatic carbocycles. The summed E-state index contributed by atoms with van der Waals surface area (Å²) in [6.07, 6.45) is 10.5. The van der Waals surface area contributed by atoms with Crippen LogP contribution in [0.1, 0.15) is 78.6 Å². The molecular weight excluding hydrogens is 332 g/mol. The Labute approximate surface area is 158 Å². The molecule has 4 aliphatic carbocycles. The van der Waals surface area contributed by atoms with Gasteiger partial charge in [-0.15, -0.1) is 11.6 Å². The zero-order chi connectivity index (χ0) is 18.0. The summed E-state index contributed by atoms with van der Waals surface area (Å²) >= 11 is 5.93. The van der Waals surface area contributed by atoms with E-state index in [4.69, 9.17) is 11.6 Å². The van der Waals surface area contributed by atoms with Crippen LogP contribution in [0.3, 0.4) is 0 Å². The van der Waals surface area contributed by atoms with Gasteiger partial charge < -0.3 is 5.11 Å². The Morgan fingerprint density at radius 1 is 0.960 bits per heavy atom. The zero-order valence-electron chi connectivity index (χ0n) is 16.2. The van der Waals surface area contributed by atoms with Crippen molar-refractivity contribution in [2.75, 3.05) is 5.88 Å². The second-order valence-electron chi connectivity index (χ2n) is 10.6. The average molecular weight is 367 g/mol. The van der Waals surface area contributed by atoms with E-state index in [9.17, 15) is 9.90 Å². The minimum Gasteiger partial charge on any atom is -0.390 e. The predicted molar refractivity (Wildman–Crippen MR) is 102 cm³/mol. The zero-order valence-corrected chi connectivity index (χ0v) is 16.9. The van der Waals surface area contributed by atoms with Gasteiger partial charge in [-0.1, -0.05) is 13.8 Å². The number of carbonyl (C=O) groups is 1. The number of ketones is 1. The van der Waals surface area contributed by atoms with E-state index in [1.54, 1.807) is 0 Å². The average Bonchev–Trinajstić information content (AvgIpc) is 2.92. The molecule has 0 aromatic heterocycles. The lowest BCUT2D eigenvalue weighted by molar-refractivity contribution is -0.150. The molecule has 8 atom stereocenters. The third kappa shape index (κ3) is 2.64. The summed E-state index contributed by atoms with van der Waals surface area (Å²) in [4.78, 5) is 12.4. The van der Waals surface area contributed by atoms with Gasteiger partial charge in [0.1, 0.15) is 0 Å². The molecule has 4 saturated carbocycles. The van der Waals surface area contributed by atoms with Crippen molar-refractivity contribution in [2.24, 2.45) is 40.4 Å². The molecule has 4 rings (SSSR count). The topological polar surface area (TPSA) is 37.3 Å². The van der Waals surface area contributed by atoms with Gasteiger partial charge in [-0.25, -0.2) is 0 Å². The molecule has 142 valence electrons. The van der Waals surface area contributed by atoms with Gasteiger partial charge in [-0.3, -0.25) is 4.79 Å². The first kappa shape index (κ1) is 18.3. The first-order valence-electron chi connectivity index (χ1n) is 10.5. The first-order valence-corrected chi connectivity index (χ1v) is 11.1. The van der Waals surface area contributed by atoms with Gasteiger partial charge in [0.15, 0.2) is 5.78 Å². The summed E-state index contributed by atoms with van der Waals surface area (Å²) < 4.78 is 0. The Morgan fingerprint density at radius 3 is 2.40 bits per heavy atom. The third-order valence-corrected chi connectivity index (χ3v) is 9.74. The first-order chi connectivity index (χ1) is 11.7. The van der Waals surface area contributed by atoms with Gasteiger partial charge in [0.2, 0.25) is 0 Å². The molecule has 4 fully saturated rings. The second kappa shape index (κ2) is 5.96. The van der Waals surface area contributed by atoms with Gasteiger partial charge in [-0.05, 0) is 99.2 Å². The van der Waals surface area contributed by atoms with Crippen LogP contribution in [-0.2, 0) is 4.79 Å². The summed E-state index contributed by atoms with van der Waals surface area (Å²) in [5, 5.41) is 10.6. The van der Waals surface area contributed by atoms with Crippen LogP contribution in [0.5, 0.6) is 0 Å². The van der Waals surface area contributed by atoms with Gasteiger partial charge in [0.05, 0.1) is 11.5 Å². The maximum absolute atomic E-state index is 12.4. The summed E-state index contributed by atoms with van der Waals surface area (Å²) in [6, 6.07) is 0. The number of hydrogen-bond acceptors (Lipinski definition) is 2. The normalized spacial score (nSPS) is 55.2. The Kier molecular flexibility index (Phi) is 4.36. The number of Topliss-reactive ketones (excluding diaryl/α,β-unsaturated/α-hetero) is 1. The number of alkyl halides is 1. The molecule has 0 saturated heterocycles. The molecular formula is C22H35ClO2. The Morgan fingerprint density at radius 2 is 1.68 bits per heavy atom. The Hall–Kier alpha value is -0.0800. The second-order valence-corrected chi connectivity index (χ2v) is 10.9. The number of rotatable bonds is 2. The largest absolute Gasteiger partial charge is 0.390 e. The molecule has 0 aliphatic heterocycles. The van der Waals surface area contributed by atoms with Crippen LogP contribution in [0.4, 0.5) is 0 Å². The van der Waals surface area contributed by atoms with E-state index in [1.807, 2.05) is 6.92 Å². The number of halogens is 1.